The molecule has 1 N–H and O–H groups in total. The fourth-order valence-corrected chi connectivity index (χ4v) is 2.45. The van der Waals surface area contributed by atoms with Gasteiger partial charge in [-0.2, -0.15) is 13.2 Å². The second-order valence-corrected chi connectivity index (χ2v) is 5.27. The quantitative estimate of drug-likeness (QED) is 0.897. The lowest BCUT2D eigenvalue weighted by Gasteiger charge is -2.14. The number of alkyl halides is 3. The first-order valence-corrected chi connectivity index (χ1v) is 6.91. The average molecular weight is 288 g/mol. The normalized spacial score (nSPS) is 21.1. The number of ether oxygens (including phenoxy) is 1. The Morgan fingerprint density at radius 2 is 1.95 bits per heavy atom. The first-order chi connectivity index (χ1) is 9.45. The molecule has 0 bridgehead atoms. The fourth-order valence-electron chi connectivity index (χ4n) is 2.45. The molecule has 2 unspecified atom stereocenters. The molecule has 1 aliphatic heterocycles. The van der Waals surface area contributed by atoms with Crippen LogP contribution in [0.2, 0.25) is 0 Å². The summed E-state index contributed by atoms with van der Waals surface area (Å²) in [6.07, 6.45) is -0.699. The van der Waals surface area contributed by atoms with Gasteiger partial charge < -0.3 is 9.84 Å². The van der Waals surface area contributed by atoms with Gasteiger partial charge in [-0.3, -0.25) is 0 Å². The van der Waals surface area contributed by atoms with Crippen LogP contribution in [0.25, 0.3) is 0 Å². The van der Waals surface area contributed by atoms with Crippen molar-refractivity contribution in [3.8, 4) is 0 Å². The summed E-state index contributed by atoms with van der Waals surface area (Å²) in [4.78, 5) is 0. The molecule has 2 nitrogen and oxygen atoms in total. The lowest BCUT2D eigenvalue weighted by atomic mass is 10.0. The second-order valence-electron chi connectivity index (χ2n) is 5.27. The van der Waals surface area contributed by atoms with Gasteiger partial charge in [-0.15, -0.1) is 0 Å². The molecule has 0 spiro atoms. The van der Waals surface area contributed by atoms with Crippen LogP contribution < -0.4 is 0 Å². The van der Waals surface area contributed by atoms with Crippen LogP contribution >= 0.6 is 0 Å². The van der Waals surface area contributed by atoms with E-state index in [1.807, 2.05) is 0 Å². The maximum Gasteiger partial charge on any atom is 0.416 e. The third kappa shape index (κ3) is 4.49. The topological polar surface area (TPSA) is 29.5 Å². The number of aliphatic hydroxyl groups excluding tert-OH is 1. The van der Waals surface area contributed by atoms with Crippen LogP contribution in [0.15, 0.2) is 24.3 Å². The van der Waals surface area contributed by atoms with Crippen LogP contribution in [0.3, 0.4) is 0 Å². The van der Waals surface area contributed by atoms with Crippen molar-refractivity contribution >= 4 is 0 Å². The van der Waals surface area contributed by atoms with Crippen LogP contribution in [0.1, 0.15) is 36.8 Å². The third-order valence-electron chi connectivity index (χ3n) is 3.60. The van der Waals surface area contributed by atoms with Gasteiger partial charge in [0.15, 0.2) is 0 Å². The van der Waals surface area contributed by atoms with Crippen molar-refractivity contribution in [2.24, 2.45) is 0 Å². The maximum atomic E-state index is 12.4. The van der Waals surface area contributed by atoms with E-state index in [9.17, 15) is 18.3 Å². The zero-order chi connectivity index (χ0) is 14.6. The Balaban J connectivity index is 1.80. The molecule has 1 aromatic rings. The van der Waals surface area contributed by atoms with E-state index in [2.05, 4.69) is 0 Å². The van der Waals surface area contributed by atoms with E-state index in [1.54, 1.807) is 0 Å². The SMILES string of the molecule is OC(CCC1CCCO1)Cc1ccc(C(F)(F)F)cc1. The highest BCUT2D eigenvalue weighted by Gasteiger charge is 2.30. The van der Waals surface area contributed by atoms with Crippen LogP contribution in [0.4, 0.5) is 13.2 Å². The summed E-state index contributed by atoms with van der Waals surface area (Å²) in [6, 6.07) is 4.97. The number of hydrogen-bond donors (Lipinski definition) is 1. The highest BCUT2D eigenvalue weighted by molar-refractivity contribution is 5.25. The Bertz CT molecular complexity index is 408. The smallest absolute Gasteiger partial charge is 0.393 e. The van der Waals surface area contributed by atoms with Crippen LogP contribution in [0.5, 0.6) is 0 Å². The molecule has 1 aliphatic rings. The summed E-state index contributed by atoms with van der Waals surface area (Å²) in [6.45, 7) is 0.791. The van der Waals surface area contributed by atoms with Gasteiger partial charge in [-0.25, -0.2) is 0 Å². The predicted octanol–water partition coefficient (Wildman–Crippen LogP) is 3.57. The van der Waals surface area contributed by atoms with Gasteiger partial charge >= 0.3 is 6.18 Å². The Labute approximate surface area is 116 Å². The Morgan fingerprint density at radius 3 is 2.50 bits per heavy atom. The molecule has 1 heterocycles. The van der Waals surface area contributed by atoms with E-state index >= 15 is 0 Å². The number of benzene rings is 1. The lowest BCUT2D eigenvalue weighted by molar-refractivity contribution is -0.137. The number of aliphatic hydroxyl groups is 1. The van der Waals surface area contributed by atoms with E-state index in [4.69, 9.17) is 4.74 Å². The molecule has 20 heavy (non-hydrogen) atoms. The predicted molar refractivity (Wildman–Crippen MR) is 69.4 cm³/mol. The van der Waals surface area contributed by atoms with Gasteiger partial charge in [0, 0.05) is 6.61 Å². The summed E-state index contributed by atoms with van der Waals surface area (Å²) < 4.78 is 42.7. The number of rotatable bonds is 5. The zero-order valence-corrected chi connectivity index (χ0v) is 11.2. The third-order valence-corrected chi connectivity index (χ3v) is 3.60. The molecule has 0 aliphatic carbocycles. The van der Waals surface area contributed by atoms with Gasteiger partial charge in [0.1, 0.15) is 0 Å². The van der Waals surface area contributed by atoms with E-state index in [0.717, 1.165) is 43.6 Å². The van der Waals surface area contributed by atoms with Crippen molar-refractivity contribution in [1.82, 2.24) is 0 Å². The standard InChI is InChI=1S/C15H19F3O2/c16-15(17,18)12-5-3-11(4-6-12)10-13(19)7-8-14-2-1-9-20-14/h3-6,13-14,19H,1-2,7-10H2. The molecular weight excluding hydrogens is 269 g/mol. The first kappa shape index (κ1) is 15.3. The highest BCUT2D eigenvalue weighted by atomic mass is 19.4. The van der Waals surface area contributed by atoms with Gasteiger partial charge in [-0.05, 0) is 49.8 Å². The molecule has 5 heteroatoms. The van der Waals surface area contributed by atoms with Crippen molar-refractivity contribution in [2.45, 2.75) is 50.5 Å². The van der Waals surface area contributed by atoms with E-state index < -0.39 is 17.8 Å². The average Bonchev–Trinajstić information content (AvgIpc) is 2.89. The summed E-state index contributed by atoms with van der Waals surface area (Å²) in [5, 5.41) is 9.91. The molecule has 0 radical (unpaired) electrons. The van der Waals surface area contributed by atoms with Crippen LogP contribution in [-0.2, 0) is 17.3 Å². The number of hydrogen-bond acceptors (Lipinski definition) is 2. The minimum atomic E-state index is -4.31. The van der Waals surface area contributed by atoms with E-state index in [-0.39, 0.29) is 6.10 Å². The molecule has 0 saturated carbocycles. The Hall–Kier alpha value is -1.07. The summed E-state index contributed by atoms with van der Waals surface area (Å²) in [5.74, 6) is 0. The second kappa shape index (κ2) is 6.59. The number of halogens is 3. The maximum absolute atomic E-state index is 12.4. The molecule has 112 valence electrons. The van der Waals surface area contributed by atoms with Gasteiger partial charge in [0.2, 0.25) is 0 Å². The summed E-state index contributed by atoms with van der Waals surface area (Å²) in [5.41, 5.74) is 0.0629. The van der Waals surface area contributed by atoms with Crippen molar-refractivity contribution in [2.75, 3.05) is 6.61 Å². The minimum Gasteiger partial charge on any atom is -0.393 e. The highest BCUT2D eigenvalue weighted by Crippen LogP contribution is 2.29. The van der Waals surface area contributed by atoms with Crippen LogP contribution in [0, 0.1) is 0 Å². The van der Waals surface area contributed by atoms with Crippen molar-refractivity contribution in [3.05, 3.63) is 35.4 Å². The minimum absolute atomic E-state index is 0.234. The Morgan fingerprint density at radius 1 is 1.25 bits per heavy atom. The molecule has 0 aromatic heterocycles. The van der Waals surface area contributed by atoms with Crippen molar-refractivity contribution < 1.29 is 23.0 Å². The van der Waals surface area contributed by atoms with E-state index in [0.29, 0.717) is 12.8 Å². The molecule has 1 aromatic carbocycles. The van der Waals surface area contributed by atoms with E-state index in [1.165, 1.54) is 12.1 Å². The monoisotopic (exact) mass is 288 g/mol. The van der Waals surface area contributed by atoms with Gasteiger partial charge in [0.25, 0.3) is 0 Å². The molecule has 2 rings (SSSR count). The molecule has 1 saturated heterocycles. The van der Waals surface area contributed by atoms with Crippen molar-refractivity contribution in [1.29, 1.82) is 0 Å². The van der Waals surface area contributed by atoms with Gasteiger partial charge in [0.05, 0.1) is 17.8 Å². The molecule has 0 amide bonds. The lowest BCUT2D eigenvalue weighted by Crippen LogP contribution is -2.15. The zero-order valence-electron chi connectivity index (χ0n) is 11.2. The molecular formula is C15H19F3O2. The fraction of sp³-hybridized carbons (Fsp3) is 0.600. The summed E-state index contributed by atoms with van der Waals surface area (Å²) >= 11 is 0. The largest absolute Gasteiger partial charge is 0.416 e. The van der Waals surface area contributed by atoms with Gasteiger partial charge in [-0.1, -0.05) is 12.1 Å². The van der Waals surface area contributed by atoms with Crippen molar-refractivity contribution in [3.63, 3.8) is 0 Å². The molecule has 2 atom stereocenters. The molecule has 1 fully saturated rings. The Kier molecular flexibility index (Phi) is 5.05. The first-order valence-electron chi connectivity index (χ1n) is 6.91. The van der Waals surface area contributed by atoms with Crippen LogP contribution in [-0.4, -0.2) is 23.9 Å². The summed E-state index contributed by atoms with van der Waals surface area (Å²) in [7, 11) is 0.